The van der Waals surface area contributed by atoms with E-state index >= 15 is 0 Å². The van der Waals surface area contributed by atoms with Gasteiger partial charge >= 0.3 is 5.97 Å². The van der Waals surface area contributed by atoms with Crippen molar-refractivity contribution >= 4 is 29.3 Å². The Morgan fingerprint density at radius 1 is 0.862 bits per heavy atom. The van der Waals surface area contributed by atoms with Crippen LogP contribution in [0.5, 0.6) is 11.5 Å². The molecular weight excluding hydrogens is 378 g/mol. The molecule has 29 heavy (non-hydrogen) atoms. The lowest BCUT2D eigenvalue weighted by Gasteiger charge is -2.18. The Hall–Kier alpha value is -3.68. The summed E-state index contributed by atoms with van der Waals surface area (Å²) in [5, 5.41) is 0. The van der Waals surface area contributed by atoms with E-state index in [4.69, 9.17) is 14.2 Å². The molecule has 0 radical (unpaired) electrons. The number of rotatable bonds is 5. The molecule has 2 aromatic rings. The van der Waals surface area contributed by atoms with Gasteiger partial charge in [0, 0.05) is 18.4 Å². The van der Waals surface area contributed by atoms with E-state index in [1.54, 1.807) is 18.2 Å². The first kappa shape index (κ1) is 18.7. The summed E-state index contributed by atoms with van der Waals surface area (Å²) in [5.74, 6) is -0.540. The minimum absolute atomic E-state index is 0.185. The van der Waals surface area contributed by atoms with Crippen LogP contribution in [-0.4, -0.2) is 43.4 Å². The molecule has 0 atom stereocenters. The fourth-order valence-corrected chi connectivity index (χ4v) is 3.13. The minimum atomic E-state index is -0.679. The highest BCUT2D eigenvalue weighted by molar-refractivity contribution is 6.19. The summed E-state index contributed by atoms with van der Waals surface area (Å²) in [5.41, 5.74) is 0.965. The summed E-state index contributed by atoms with van der Waals surface area (Å²) in [7, 11) is 0. The van der Waals surface area contributed by atoms with Crippen LogP contribution in [0.4, 0.5) is 5.69 Å². The zero-order chi connectivity index (χ0) is 20.4. The quantitative estimate of drug-likeness (QED) is 0.434. The second kappa shape index (κ2) is 7.75. The number of ether oxygens (including phenoxy) is 3. The third kappa shape index (κ3) is 3.82. The van der Waals surface area contributed by atoms with Crippen molar-refractivity contribution in [1.82, 2.24) is 0 Å². The van der Waals surface area contributed by atoms with Gasteiger partial charge < -0.3 is 14.2 Å². The van der Waals surface area contributed by atoms with Gasteiger partial charge in [-0.2, -0.15) is 0 Å². The van der Waals surface area contributed by atoms with E-state index in [0.717, 1.165) is 4.90 Å². The number of benzene rings is 2. The van der Waals surface area contributed by atoms with Crippen LogP contribution in [0.3, 0.4) is 0 Å². The van der Waals surface area contributed by atoms with Crippen LogP contribution in [-0.2, 0) is 14.3 Å². The van der Waals surface area contributed by atoms with Gasteiger partial charge in [0.25, 0.3) is 0 Å². The number of esters is 1. The number of carbonyl (C=O) groups excluding carboxylic acids is 4. The maximum atomic E-state index is 12.3. The van der Waals surface area contributed by atoms with Crippen LogP contribution in [0, 0.1) is 0 Å². The Bertz CT molecular complexity index is 981. The number of hydrogen-bond acceptors (Lipinski definition) is 7. The van der Waals surface area contributed by atoms with Gasteiger partial charge in [-0.1, -0.05) is 0 Å². The molecule has 0 aromatic heterocycles. The Morgan fingerprint density at radius 3 is 2.17 bits per heavy atom. The predicted molar refractivity (Wildman–Crippen MR) is 100 cm³/mol. The molecule has 8 heteroatoms. The zero-order valence-electron chi connectivity index (χ0n) is 15.4. The van der Waals surface area contributed by atoms with E-state index in [-0.39, 0.29) is 36.0 Å². The molecule has 0 N–H and O–H groups in total. The maximum absolute atomic E-state index is 12.3. The van der Waals surface area contributed by atoms with Crippen molar-refractivity contribution in [2.24, 2.45) is 0 Å². The predicted octanol–water partition coefficient (Wildman–Crippen LogP) is 2.15. The maximum Gasteiger partial charge on any atom is 0.338 e. The third-order valence-electron chi connectivity index (χ3n) is 4.61. The van der Waals surface area contributed by atoms with Gasteiger partial charge in [-0.25, -0.2) is 4.79 Å². The van der Waals surface area contributed by atoms with Crippen molar-refractivity contribution in [1.29, 1.82) is 0 Å². The Kier molecular flexibility index (Phi) is 4.99. The van der Waals surface area contributed by atoms with Crippen molar-refractivity contribution in [2.45, 2.75) is 12.8 Å². The second-order valence-electron chi connectivity index (χ2n) is 6.53. The second-order valence-corrected chi connectivity index (χ2v) is 6.53. The number of anilines is 1. The summed E-state index contributed by atoms with van der Waals surface area (Å²) in [6.07, 6.45) is 0.370. The highest BCUT2D eigenvalue weighted by atomic mass is 16.6. The van der Waals surface area contributed by atoms with Gasteiger partial charge in [0.2, 0.25) is 11.8 Å². The molecule has 0 unspecified atom stereocenters. The third-order valence-corrected chi connectivity index (χ3v) is 4.61. The summed E-state index contributed by atoms with van der Waals surface area (Å²) in [4.78, 5) is 49.1. The standard InChI is InChI=1S/C21H17NO7/c23-16(14-3-6-17-18(11-14)28-10-9-27-17)12-29-21(26)13-1-4-15(5-2-13)22-19(24)7-8-20(22)25/h1-6,11H,7-10,12H2. The van der Waals surface area contributed by atoms with E-state index in [9.17, 15) is 19.2 Å². The fourth-order valence-electron chi connectivity index (χ4n) is 3.13. The van der Waals surface area contributed by atoms with Gasteiger partial charge in [-0.3, -0.25) is 19.3 Å². The molecule has 2 amide bonds. The summed E-state index contributed by atoms with van der Waals surface area (Å²) in [6.45, 7) is 0.435. The highest BCUT2D eigenvalue weighted by Gasteiger charge is 2.30. The molecule has 4 rings (SSSR count). The molecule has 0 aliphatic carbocycles. The van der Waals surface area contributed by atoms with Crippen LogP contribution in [0.15, 0.2) is 42.5 Å². The van der Waals surface area contributed by atoms with E-state index in [1.807, 2.05) is 0 Å². The zero-order valence-corrected chi connectivity index (χ0v) is 15.4. The Balaban J connectivity index is 1.37. The number of nitrogens with zero attached hydrogens (tertiary/aromatic N) is 1. The van der Waals surface area contributed by atoms with Crippen LogP contribution in [0.2, 0.25) is 0 Å². The van der Waals surface area contributed by atoms with Gasteiger partial charge in [-0.15, -0.1) is 0 Å². The molecule has 2 heterocycles. The SMILES string of the molecule is O=C(COC(=O)c1ccc(N2C(=O)CCC2=O)cc1)c1ccc2c(c1)OCCO2. The van der Waals surface area contributed by atoms with Crippen molar-refractivity contribution in [3.05, 3.63) is 53.6 Å². The minimum Gasteiger partial charge on any atom is -0.486 e. The van der Waals surface area contributed by atoms with Crippen LogP contribution in [0.1, 0.15) is 33.6 Å². The number of Topliss-reactive ketones (excluding diaryl/α,β-unsaturated/α-hetero) is 1. The summed E-state index contributed by atoms with van der Waals surface area (Å²) in [6, 6.07) is 10.7. The molecule has 1 fully saturated rings. The number of imide groups is 1. The van der Waals surface area contributed by atoms with E-state index < -0.39 is 12.6 Å². The molecule has 0 spiro atoms. The topological polar surface area (TPSA) is 99.2 Å². The van der Waals surface area contributed by atoms with Gasteiger partial charge in [0.15, 0.2) is 23.9 Å². The number of fused-ring (bicyclic) bond motifs is 1. The van der Waals surface area contributed by atoms with E-state index in [2.05, 4.69) is 0 Å². The molecule has 0 bridgehead atoms. The lowest BCUT2D eigenvalue weighted by Crippen LogP contribution is -2.28. The monoisotopic (exact) mass is 395 g/mol. The Morgan fingerprint density at radius 2 is 1.48 bits per heavy atom. The van der Waals surface area contributed by atoms with Crippen molar-refractivity contribution < 1.29 is 33.4 Å². The largest absolute Gasteiger partial charge is 0.486 e. The lowest BCUT2D eigenvalue weighted by atomic mass is 10.1. The van der Waals surface area contributed by atoms with Crippen molar-refractivity contribution in [3.63, 3.8) is 0 Å². The highest BCUT2D eigenvalue weighted by Crippen LogP contribution is 2.31. The lowest BCUT2D eigenvalue weighted by molar-refractivity contribution is -0.121. The first-order valence-electron chi connectivity index (χ1n) is 9.09. The molecule has 0 saturated carbocycles. The van der Waals surface area contributed by atoms with E-state index in [1.165, 1.54) is 24.3 Å². The van der Waals surface area contributed by atoms with Crippen molar-refractivity contribution in [2.75, 3.05) is 24.7 Å². The molecule has 1 saturated heterocycles. The van der Waals surface area contributed by atoms with Gasteiger partial charge in [0.05, 0.1) is 11.3 Å². The summed E-state index contributed by atoms with van der Waals surface area (Å²) < 4.78 is 15.9. The number of amides is 2. The first-order valence-corrected chi connectivity index (χ1v) is 9.09. The van der Waals surface area contributed by atoms with Crippen molar-refractivity contribution in [3.8, 4) is 11.5 Å². The summed E-state index contributed by atoms with van der Waals surface area (Å²) >= 11 is 0. The van der Waals surface area contributed by atoms with Gasteiger partial charge in [0.1, 0.15) is 13.2 Å². The molecule has 2 aliphatic rings. The molecule has 2 aromatic carbocycles. The normalized spacial score (nSPS) is 15.4. The number of hydrogen-bond donors (Lipinski definition) is 0. The van der Waals surface area contributed by atoms with Gasteiger partial charge in [-0.05, 0) is 42.5 Å². The molecule has 8 nitrogen and oxygen atoms in total. The van der Waals surface area contributed by atoms with Crippen LogP contribution in [0.25, 0.3) is 0 Å². The average Bonchev–Trinajstić information content (AvgIpc) is 3.09. The molecule has 2 aliphatic heterocycles. The van der Waals surface area contributed by atoms with Crippen LogP contribution >= 0.6 is 0 Å². The average molecular weight is 395 g/mol. The van der Waals surface area contributed by atoms with E-state index in [0.29, 0.717) is 36.0 Å². The Labute approximate surface area is 166 Å². The number of ketones is 1. The smallest absolute Gasteiger partial charge is 0.338 e. The first-order chi connectivity index (χ1) is 14.0. The molecular formula is C21H17NO7. The molecule has 148 valence electrons. The number of carbonyl (C=O) groups is 4. The fraction of sp³-hybridized carbons (Fsp3) is 0.238. The van der Waals surface area contributed by atoms with Crippen LogP contribution < -0.4 is 14.4 Å².